The molecule has 3 heterocycles. The number of benzene rings is 2. The Balaban J connectivity index is 1.91. The normalized spacial score (nSPS) is 16.5. The maximum Gasteiger partial charge on any atom is 0.177 e. The molecule has 1 saturated heterocycles. The lowest BCUT2D eigenvalue weighted by molar-refractivity contribution is 0.0548. The first kappa shape index (κ1) is 22.3. The average molecular weight is 491 g/mol. The zero-order valence-electron chi connectivity index (χ0n) is 17.8. The molecule has 5 nitrogen and oxygen atoms in total. The van der Waals surface area contributed by atoms with Crippen LogP contribution in [-0.2, 0) is 14.6 Å². The Morgan fingerprint density at radius 1 is 1.09 bits per heavy atom. The Labute approximate surface area is 194 Å². The molecule has 5 rings (SSSR count). The monoisotopic (exact) mass is 490 g/mol. The van der Waals surface area contributed by atoms with E-state index in [0.717, 1.165) is 6.26 Å². The molecular weight excluding hydrogens is 470 g/mol. The SMILES string of the molecule is CS(=O)(=O)c1cnc2c3cc(F)c(Cl)cc3n([C@H](c3ccccc3F)C3CCOCC3)c2c1. The Hall–Kier alpha value is -2.55. The summed E-state index contributed by atoms with van der Waals surface area (Å²) in [7, 11) is -3.56. The van der Waals surface area contributed by atoms with Gasteiger partial charge >= 0.3 is 0 Å². The van der Waals surface area contributed by atoms with Crippen molar-refractivity contribution in [2.45, 2.75) is 23.8 Å². The molecule has 0 saturated carbocycles. The van der Waals surface area contributed by atoms with Crippen molar-refractivity contribution >= 4 is 43.4 Å². The van der Waals surface area contributed by atoms with Crippen LogP contribution in [0.3, 0.4) is 0 Å². The molecule has 1 aliphatic rings. The number of aromatic nitrogens is 2. The summed E-state index contributed by atoms with van der Waals surface area (Å²) in [5.74, 6) is -0.977. The van der Waals surface area contributed by atoms with Crippen LogP contribution in [0.4, 0.5) is 8.78 Å². The number of ether oxygens (including phenoxy) is 1. The van der Waals surface area contributed by atoms with Crippen LogP contribution < -0.4 is 0 Å². The molecule has 0 N–H and O–H groups in total. The molecule has 4 aromatic rings. The minimum atomic E-state index is -3.56. The average Bonchev–Trinajstić information content (AvgIpc) is 3.08. The van der Waals surface area contributed by atoms with Gasteiger partial charge in [0.25, 0.3) is 0 Å². The molecule has 0 amide bonds. The van der Waals surface area contributed by atoms with E-state index >= 15 is 4.39 Å². The number of hydrogen-bond donors (Lipinski definition) is 0. The number of nitrogens with zero attached hydrogens (tertiary/aromatic N) is 2. The number of rotatable bonds is 4. The molecule has 2 aromatic carbocycles. The first-order valence-electron chi connectivity index (χ1n) is 10.6. The van der Waals surface area contributed by atoms with Crippen LogP contribution in [-0.4, -0.2) is 37.4 Å². The zero-order valence-corrected chi connectivity index (χ0v) is 19.3. The van der Waals surface area contributed by atoms with E-state index in [0.29, 0.717) is 53.6 Å². The van der Waals surface area contributed by atoms with E-state index in [1.54, 1.807) is 18.2 Å². The fraction of sp³-hybridized carbons (Fsp3) is 0.292. The van der Waals surface area contributed by atoms with Gasteiger partial charge in [-0.1, -0.05) is 29.8 Å². The minimum absolute atomic E-state index is 0.000156. The largest absolute Gasteiger partial charge is 0.381 e. The van der Waals surface area contributed by atoms with Crippen LogP contribution in [0.15, 0.2) is 53.6 Å². The molecule has 1 fully saturated rings. The molecule has 0 spiro atoms. The van der Waals surface area contributed by atoms with Crippen LogP contribution in [0.2, 0.25) is 5.02 Å². The van der Waals surface area contributed by atoms with Crippen molar-refractivity contribution in [3.8, 4) is 0 Å². The van der Waals surface area contributed by atoms with Crippen LogP contribution in [0, 0.1) is 17.6 Å². The molecule has 172 valence electrons. The quantitative estimate of drug-likeness (QED) is 0.377. The van der Waals surface area contributed by atoms with Gasteiger partial charge in [0.05, 0.1) is 32.5 Å². The second-order valence-corrected chi connectivity index (χ2v) is 10.8. The minimum Gasteiger partial charge on any atom is -0.381 e. The highest BCUT2D eigenvalue weighted by Crippen LogP contribution is 2.42. The van der Waals surface area contributed by atoms with E-state index in [9.17, 15) is 12.8 Å². The number of sulfone groups is 1. The maximum atomic E-state index is 15.2. The number of halogens is 3. The van der Waals surface area contributed by atoms with Crippen molar-refractivity contribution in [1.82, 2.24) is 9.55 Å². The molecule has 0 aliphatic carbocycles. The van der Waals surface area contributed by atoms with Crippen LogP contribution >= 0.6 is 11.6 Å². The molecule has 1 aliphatic heterocycles. The number of fused-ring (bicyclic) bond motifs is 3. The molecular formula is C24H21ClF2N2O3S. The fourth-order valence-electron chi connectivity index (χ4n) is 4.73. The van der Waals surface area contributed by atoms with Gasteiger partial charge in [-0.3, -0.25) is 4.98 Å². The summed E-state index contributed by atoms with van der Waals surface area (Å²) in [5.41, 5.74) is 1.94. The summed E-state index contributed by atoms with van der Waals surface area (Å²) in [5, 5.41) is 0.412. The van der Waals surface area contributed by atoms with E-state index in [-0.39, 0.29) is 21.7 Å². The molecule has 33 heavy (non-hydrogen) atoms. The zero-order chi connectivity index (χ0) is 23.3. The third-order valence-electron chi connectivity index (χ3n) is 6.30. The van der Waals surface area contributed by atoms with Gasteiger partial charge in [0.1, 0.15) is 11.6 Å². The van der Waals surface area contributed by atoms with Gasteiger partial charge in [-0.05, 0) is 43.0 Å². The van der Waals surface area contributed by atoms with Crippen molar-refractivity contribution in [2.24, 2.45) is 5.92 Å². The lowest BCUT2D eigenvalue weighted by Gasteiger charge is -2.33. The van der Waals surface area contributed by atoms with Gasteiger partial charge < -0.3 is 9.30 Å². The number of hydrogen-bond acceptors (Lipinski definition) is 4. The summed E-state index contributed by atoms with van der Waals surface area (Å²) >= 11 is 6.16. The fourth-order valence-corrected chi connectivity index (χ4v) is 5.46. The van der Waals surface area contributed by atoms with E-state index < -0.39 is 21.7 Å². The topological polar surface area (TPSA) is 61.2 Å². The molecule has 1 atom stereocenters. The highest BCUT2D eigenvalue weighted by molar-refractivity contribution is 7.90. The van der Waals surface area contributed by atoms with Gasteiger partial charge in [-0.25, -0.2) is 17.2 Å². The van der Waals surface area contributed by atoms with Gasteiger partial charge in [-0.2, -0.15) is 0 Å². The van der Waals surface area contributed by atoms with Gasteiger partial charge in [0.15, 0.2) is 9.84 Å². The summed E-state index contributed by atoms with van der Waals surface area (Å²) < 4.78 is 61.6. The Bertz CT molecular complexity index is 1480. The first-order chi connectivity index (χ1) is 15.8. The lowest BCUT2D eigenvalue weighted by Crippen LogP contribution is -2.27. The van der Waals surface area contributed by atoms with Crippen molar-refractivity contribution in [3.05, 3.63) is 70.9 Å². The van der Waals surface area contributed by atoms with E-state index in [2.05, 4.69) is 4.98 Å². The maximum absolute atomic E-state index is 15.2. The van der Waals surface area contributed by atoms with Crippen LogP contribution in [0.1, 0.15) is 24.4 Å². The van der Waals surface area contributed by atoms with Crippen LogP contribution in [0.25, 0.3) is 21.9 Å². The van der Waals surface area contributed by atoms with Gasteiger partial charge in [0, 0.05) is 36.6 Å². The second kappa shape index (κ2) is 8.34. The van der Waals surface area contributed by atoms with Gasteiger partial charge in [0.2, 0.25) is 0 Å². The third kappa shape index (κ3) is 3.90. The first-order valence-corrected chi connectivity index (χ1v) is 12.8. The standard InChI is InChI=1S/C24H21ClF2N2O3S/c1-33(30,31)15-10-22-23(28-13-15)17-11-20(27)18(25)12-21(17)29(22)24(14-6-8-32-9-7-14)16-4-2-3-5-19(16)26/h2-5,10-14,24H,6-9H2,1H3/t24-/m0/s1. The summed E-state index contributed by atoms with van der Waals surface area (Å²) in [6, 6.07) is 10.4. The molecule has 2 aromatic heterocycles. The highest BCUT2D eigenvalue weighted by Gasteiger charge is 2.32. The molecule has 0 unspecified atom stereocenters. The molecule has 9 heteroatoms. The van der Waals surface area contributed by atoms with E-state index in [1.165, 1.54) is 30.5 Å². The van der Waals surface area contributed by atoms with Crippen molar-refractivity contribution in [3.63, 3.8) is 0 Å². The van der Waals surface area contributed by atoms with E-state index in [4.69, 9.17) is 16.3 Å². The summed E-state index contributed by atoms with van der Waals surface area (Å²) in [4.78, 5) is 4.41. The summed E-state index contributed by atoms with van der Waals surface area (Å²) in [6.45, 7) is 1.07. The predicted molar refractivity (Wildman–Crippen MR) is 123 cm³/mol. The number of pyridine rings is 1. The van der Waals surface area contributed by atoms with Crippen molar-refractivity contribution < 1.29 is 21.9 Å². The molecule has 0 radical (unpaired) electrons. The van der Waals surface area contributed by atoms with E-state index in [1.807, 2.05) is 4.57 Å². The Morgan fingerprint density at radius 3 is 2.52 bits per heavy atom. The van der Waals surface area contributed by atoms with Crippen LogP contribution in [0.5, 0.6) is 0 Å². The third-order valence-corrected chi connectivity index (χ3v) is 7.67. The smallest absolute Gasteiger partial charge is 0.177 e. The molecule has 0 bridgehead atoms. The Morgan fingerprint density at radius 2 is 1.82 bits per heavy atom. The summed E-state index contributed by atoms with van der Waals surface area (Å²) in [6.07, 6.45) is 3.75. The van der Waals surface area contributed by atoms with Gasteiger partial charge in [-0.15, -0.1) is 0 Å². The predicted octanol–water partition coefficient (Wildman–Crippen LogP) is 5.54. The Kier molecular flexibility index (Phi) is 5.63. The van der Waals surface area contributed by atoms with Crippen molar-refractivity contribution in [1.29, 1.82) is 0 Å². The second-order valence-electron chi connectivity index (χ2n) is 8.38. The lowest BCUT2D eigenvalue weighted by atomic mass is 9.86. The highest BCUT2D eigenvalue weighted by atomic mass is 35.5. The van der Waals surface area contributed by atoms with Crippen molar-refractivity contribution in [2.75, 3.05) is 19.5 Å².